The van der Waals surface area contributed by atoms with Crippen molar-refractivity contribution in [2.24, 2.45) is 5.14 Å². The zero-order valence-electron chi connectivity index (χ0n) is 13.6. The lowest BCUT2D eigenvalue weighted by atomic mass is 9.99. The van der Waals surface area contributed by atoms with Crippen molar-refractivity contribution >= 4 is 33.0 Å². The van der Waals surface area contributed by atoms with E-state index in [4.69, 9.17) is 16.7 Å². The van der Waals surface area contributed by atoms with Gasteiger partial charge in [0.25, 0.3) is 0 Å². The molecule has 0 radical (unpaired) electrons. The highest BCUT2D eigenvalue weighted by Gasteiger charge is 2.17. The van der Waals surface area contributed by atoms with Crippen LogP contribution in [0, 0.1) is 0 Å². The van der Waals surface area contributed by atoms with E-state index in [1.807, 2.05) is 0 Å². The maximum atomic E-state index is 13.5. The van der Waals surface area contributed by atoms with Crippen LogP contribution in [0.15, 0.2) is 78.5 Å². The van der Waals surface area contributed by atoms with Gasteiger partial charge in [-0.25, -0.2) is 17.9 Å². The number of benzene rings is 2. The Bertz CT molecular complexity index is 1030. The molecule has 2 aromatic carbocycles. The van der Waals surface area contributed by atoms with E-state index in [1.165, 1.54) is 36.4 Å². The van der Waals surface area contributed by atoms with Crippen LogP contribution in [-0.4, -0.2) is 14.2 Å². The molecular weight excluding hydrogens is 377 g/mol. The van der Waals surface area contributed by atoms with Crippen molar-refractivity contribution in [1.29, 1.82) is 0 Å². The fourth-order valence-electron chi connectivity index (χ4n) is 2.29. The number of ketones is 1. The van der Waals surface area contributed by atoms with Crippen molar-refractivity contribution < 1.29 is 17.6 Å². The molecule has 7 heteroatoms. The fourth-order valence-corrected chi connectivity index (χ4v) is 3.36. The van der Waals surface area contributed by atoms with Gasteiger partial charge >= 0.3 is 0 Å². The van der Waals surface area contributed by atoms with Gasteiger partial charge in [-0.3, -0.25) is 4.79 Å². The molecule has 0 aliphatic heterocycles. The molecule has 134 valence electrons. The van der Waals surface area contributed by atoms with E-state index in [0.29, 0.717) is 11.1 Å². The van der Waals surface area contributed by atoms with Gasteiger partial charge in [0.2, 0.25) is 10.0 Å². The summed E-state index contributed by atoms with van der Waals surface area (Å²) in [4.78, 5) is 12.2. The summed E-state index contributed by atoms with van der Waals surface area (Å²) >= 11 is 5.82. The third-order valence-corrected chi connectivity index (χ3v) is 4.93. The van der Waals surface area contributed by atoms with Gasteiger partial charge in [-0.15, -0.1) is 0 Å². The van der Waals surface area contributed by atoms with Crippen LogP contribution in [0.5, 0.6) is 0 Å². The monoisotopic (exact) mass is 391 g/mol. The average Bonchev–Trinajstić information content (AvgIpc) is 2.58. The molecule has 2 rings (SSSR count). The number of nitrogens with two attached hydrogens (primary N) is 1. The highest BCUT2D eigenvalue weighted by atomic mass is 35.5. The van der Waals surface area contributed by atoms with E-state index in [0.717, 1.165) is 6.07 Å². The molecule has 0 atom stereocenters. The average molecular weight is 392 g/mol. The minimum atomic E-state index is -4.06. The van der Waals surface area contributed by atoms with Gasteiger partial charge in [0.1, 0.15) is 10.7 Å². The molecule has 26 heavy (non-hydrogen) atoms. The zero-order chi connectivity index (χ0) is 19.5. The lowest BCUT2D eigenvalue weighted by Crippen LogP contribution is -2.14. The molecule has 0 amide bonds. The van der Waals surface area contributed by atoms with Crippen LogP contribution < -0.4 is 5.14 Å². The molecule has 2 aromatic rings. The maximum Gasteiger partial charge on any atom is 0.239 e. The predicted molar refractivity (Wildman–Crippen MR) is 101 cm³/mol. The van der Waals surface area contributed by atoms with Crippen molar-refractivity contribution in [2.75, 3.05) is 0 Å². The Morgan fingerprint density at radius 1 is 1.08 bits per heavy atom. The maximum absolute atomic E-state index is 13.5. The van der Waals surface area contributed by atoms with Crippen molar-refractivity contribution in [3.8, 4) is 0 Å². The van der Waals surface area contributed by atoms with Gasteiger partial charge in [0.15, 0.2) is 5.78 Å². The smallest absolute Gasteiger partial charge is 0.239 e. The Morgan fingerprint density at radius 3 is 2.12 bits per heavy atom. The van der Waals surface area contributed by atoms with E-state index in [9.17, 15) is 17.6 Å². The standard InChI is InChI=1S/C19H15ClFNO3S/c1-3-4-16(12(2)21)13-5-7-14(8-6-13)19(23)15-9-10-17(20)18(11-15)26(22,24)25/h3-11H,1-2H2,(H2,22,24,25)/b16-4+. The van der Waals surface area contributed by atoms with E-state index >= 15 is 0 Å². The Kier molecular flexibility index (Phi) is 5.92. The van der Waals surface area contributed by atoms with E-state index < -0.39 is 21.6 Å². The van der Waals surface area contributed by atoms with Crippen LogP contribution in [0.1, 0.15) is 21.5 Å². The second kappa shape index (κ2) is 7.78. The molecule has 0 unspecified atom stereocenters. The first-order valence-electron chi connectivity index (χ1n) is 7.30. The quantitative estimate of drug-likeness (QED) is 0.590. The number of primary sulfonamides is 1. The summed E-state index contributed by atoms with van der Waals surface area (Å²) in [6.45, 7) is 6.79. The lowest BCUT2D eigenvalue weighted by molar-refractivity contribution is 0.103. The van der Waals surface area contributed by atoms with E-state index in [2.05, 4.69) is 13.2 Å². The van der Waals surface area contributed by atoms with Gasteiger partial charge in [-0.05, 0) is 23.8 Å². The molecule has 4 nitrogen and oxygen atoms in total. The number of allylic oxidation sites excluding steroid dienone is 4. The summed E-state index contributed by atoms with van der Waals surface area (Å²) < 4.78 is 36.6. The molecule has 0 saturated heterocycles. The van der Waals surface area contributed by atoms with Gasteiger partial charge in [0, 0.05) is 16.7 Å². The van der Waals surface area contributed by atoms with Crippen molar-refractivity contribution in [3.05, 3.63) is 95.3 Å². The highest BCUT2D eigenvalue weighted by molar-refractivity contribution is 7.89. The first kappa shape index (κ1) is 19.8. The Morgan fingerprint density at radius 2 is 1.62 bits per heavy atom. The van der Waals surface area contributed by atoms with Gasteiger partial charge in [-0.2, -0.15) is 0 Å². The SMILES string of the molecule is C=C/C=C(\C(=C)F)c1ccc(C(=O)c2ccc(Cl)c(S(N)(=O)=O)c2)cc1. The Hall–Kier alpha value is -2.54. The molecule has 0 heterocycles. The number of carbonyl (C=O) groups is 1. The van der Waals surface area contributed by atoms with Gasteiger partial charge < -0.3 is 0 Å². The predicted octanol–water partition coefficient (Wildman–Crippen LogP) is 4.27. The van der Waals surface area contributed by atoms with Crippen molar-refractivity contribution in [2.45, 2.75) is 4.90 Å². The number of carbonyl (C=O) groups excluding carboxylic acids is 1. The summed E-state index contributed by atoms with van der Waals surface area (Å²) in [7, 11) is -4.06. The van der Waals surface area contributed by atoms with Crippen LogP contribution in [-0.2, 0) is 10.0 Å². The Balaban J connectivity index is 2.41. The van der Waals surface area contributed by atoms with Gasteiger partial charge in [-0.1, -0.05) is 61.2 Å². The van der Waals surface area contributed by atoms with E-state index in [1.54, 1.807) is 12.1 Å². The van der Waals surface area contributed by atoms with Crippen LogP contribution in [0.3, 0.4) is 0 Å². The normalized spacial score (nSPS) is 11.9. The molecule has 0 saturated carbocycles. The molecule has 0 aliphatic carbocycles. The topological polar surface area (TPSA) is 77.2 Å². The second-order valence-corrected chi connectivity index (χ2v) is 7.25. The molecular formula is C19H15ClFNO3S. The Labute approximate surface area is 156 Å². The summed E-state index contributed by atoms with van der Waals surface area (Å²) in [5, 5.41) is 5.02. The highest BCUT2D eigenvalue weighted by Crippen LogP contribution is 2.25. The largest absolute Gasteiger partial charge is 0.289 e. The first-order chi connectivity index (χ1) is 12.1. The number of hydrogen-bond acceptors (Lipinski definition) is 3. The van der Waals surface area contributed by atoms with Crippen molar-refractivity contribution in [3.63, 3.8) is 0 Å². The van der Waals surface area contributed by atoms with Crippen LogP contribution in [0.25, 0.3) is 5.57 Å². The lowest BCUT2D eigenvalue weighted by Gasteiger charge is -2.08. The van der Waals surface area contributed by atoms with Crippen LogP contribution >= 0.6 is 11.6 Å². The number of rotatable bonds is 6. The molecule has 0 aliphatic rings. The minimum Gasteiger partial charge on any atom is -0.289 e. The summed E-state index contributed by atoms with van der Waals surface area (Å²) in [5.41, 5.74) is 1.18. The van der Waals surface area contributed by atoms with Gasteiger partial charge in [0.05, 0.1) is 5.02 Å². The molecule has 0 spiro atoms. The second-order valence-electron chi connectivity index (χ2n) is 5.32. The van der Waals surface area contributed by atoms with Crippen LogP contribution in [0.4, 0.5) is 4.39 Å². The summed E-state index contributed by atoms with van der Waals surface area (Å²) in [6, 6.07) is 9.94. The summed E-state index contributed by atoms with van der Waals surface area (Å²) in [6.07, 6.45) is 2.90. The third kappa shape index (κ3) is 4.35. The number of sulfonamides is 1. The molecule has 2 N–H and O–H groups in total. The molecule has 0 aromatic heterocycles. The van der Waals surface area contributed by atoms with Crippen LogP contribution in [0.2, 0.25) is 5.02 Å². The summed E-state index contributed by atoms with van der Waals surface area (Å²) in [5.74, 6) is -1.05. The molecule has 0 bridgehead atoms. The van der Waals surface area contributed by atoms with E-state index in [-0.39, 0.29) is 21.1 Å². The van der Waals surface area contributed by atoms with Crippen molar-refractivity contribution in [1.82, 2.24) is 0 Å². The number of hydrogen-bond donors (Lipinski definition) is 1. The first-order valence-corrected chi connectivity index (χ1v) is 9.22. The number of halogens is 2. The zero-order valence-corrected chi connectivity index (χ0v) is 15.1. The fraction of sp³-hybridized carbons (Fsp3) is 0. The molecule has 0 fully saturated rings. The minimum absolute atomic E-state index is 0.0694. The third-order valence-electron chi connectivity index (χ3n) is 3.53.